The zero-order valence-corrected chi connectivity index (χ0v) is 12.6. The van der Waals surface area contributed by atoms with Crippen LogP contribution in [0, 0.1) is 0 Å². The molecule has 1 rings (SSSR count). The standard InChI is InChI=1S/C12H14BrCl2NO/c1-2-6-16(7-5-14)12(17)10-4-3-9(15)8-11(10)13/h3-4,8H,2,5-7H2,1H3. The summed E-state index contributed by atoms with van der Waals surface area (Å²) in [6.07, 6.45) is 0.911. The summed E-state index contributed by atoms with van der Waals surface area (Å²) < 4.78 is 0.714. The van der Waals surface area contributed by atoms with Crippen LogP contribution in [0.3, 0.4) is 0 Å². The third-order valence-electron chi connectivity index (χ3n) is 2.30. The van der Waals surface area contributed by atoms with Crippen molar-refractivity contribution in [1.82, 2.24) is 4.90 Å². The van der Waals surface area contributed by atoms with Crippen molar-refractivity contribution < 1.29 is 4.79 Å². The first kappa shape index (κ1) is 14.8. The lowest BCUT2D eigenvalue weighted by Gasteiger charge is -2.21. The maximum absolute atomic E-state index is 12.3. The van der Waals surface area contributed by atoms with Gasteiger partial charge >= 0.3 is 0 Å². The summed E-state index contributed by atoms with van der Waals surface area (Å²) in [4.78, 5) is 14.0. The predicted molar refractivity (Wildman–Crippen MR) is 76.1 cm³/mol. The van der Waals surface area contributed by atoms with Gasteiger partial charge in [-0.3, -0.25) is 4.79 Å². The van der Waals surface area contributed by atoms with Crippen LogP contribution in [0.2, 0.25) is 5.02 Å². The van der Waals surface area contributed by atoms with Crippen molar-refractivity contribution in [3.8, 4) is 0 Å². The Bertz CT molecular complexity index is 392. The Hall–Kier alpha value is -0.250. The van der Waals surface area contributed by atoms with Crippen molar-refractivity contribution in [2.75, 3.05) is 19.0 Å². The minimum atomic E-state index is -0.0176. The predicted octanol–water partition coefficient (Wildman–Crippen LogP) is 4.19. The molecule has 2 nitrogen and oxygen atoms in total. The number of rotatable bonds is 5. The minimum Gasteiger partial charge on any atom is -0.337 e. The average molecular weight is 339 g/mol. The van der Waals surface area contributed by atoms with E-state index in [0.717, 1.165) is 6.42 Å². The summed E-state index contributed by atoms with van der Waals surface area (Å²) in [7, 11) is 0. The lowest BCUT2D eigenvalue weighted by Crippen LogP contribution is -2.33. The van der Waals surface area contributed by atoms with E-state index in [9.17, 15) is 4.79 Å². The van der Waals surface area contributed by atoms with Gasteiger partial charge in [0.25, 0.3) is 5.91 Å². The van der Waals surface area contributed by atoms with Gasteiger partial charge in [0.05, 0.1) is 5.56 Å². The van der Waals surface area contributed by atoms with Crippen molar-refractivity contribution in [3.05, 3.63) is 33.3 Å². The van der Waals surface area contributed by atoms with Gasteiger partial charge in [-0.15, -0.1) is 11.6 Å². The fourth-order valence-electron chi connectivity index (χ4n) is 1.52. The highest BCUT2D eigenvalue weighted by molar-refractivity contribution is 9.10. The number of carbonyl (C=O) groups is 1. The molecule has 5 heteroatoms. The van der Waals surface area contributed by atoms with Gasteiger partial charge in [0, 0.05) is 28.5 Å². The van der Waals surface area contributed by atoms with Crippen LogP contribution >= 0.6 is 39.1 Å². The smallest absolute Gasteiger partial charge is 0.255 e. The second-order valence-electron chi connectivity index (χ2n) is 3.61. The summed E-state index contributed by atoms with van der Waals surface area (Å²) in [5.74, 6) is 0.424. The van der Waals surface area contributed by atoms with E-state index in [0.29, 0.717) is 34.0 Å². The van der Waals surface area contributed by atoms with Crippen LogP contribution in [0.15, 0.2) is 22.7 Å². The van der Waals surface area contributed by atoms with Crippen molar-refractivity contribution in [2.45, 2.75) is 13.3 Å². The van der Waals surface area contributed by atoms with E-state index in [-0.39, 0.29) is 5.91 Å². The van der Waals surface area contributed by atoms with E-state index in [1.165, 1.54) is 0 Å². The lowest BCUT2D eigenvalue weighted by atomic mass is 10.2. The van der Waals surface area contributed by atoms with Crippen LogP contribution in [-0.4, -0.2) is 29.8 Å². The third kappa shape index (κ3) is 4.16. The Morgan fingerprint density at radius 3 is 2.65 bits per heavy atom. The van der Waals surface area contributed by atoms with Crippen molar-refractivity contribution in [1.29, 1.82) is 0 Å². The average Bonchev–Trinajstić information content (AvgIpc) is 2.28. The van der Waals surface area contributed by atoms with E-state index in [1.54, 1.807) is 23.1 Å². The molecular formula is C12H14BrCl2NO. The highest BCUT2D eigenvalue weighted by atomic mass is 79.9. The molecule has 0 radical (unpaired) electrons. The first-order chi connectivity index (χ1) is 8.10. The molecule has 0 aromatic heterocycles. The molecule has 0 fully saturated rings. The second-order valence-corrected chi connectivity index (χ2v) is 5.27. The lowest BCUT2D eigenvalue weighted by molar-refractivity contribution is 0.0764. The number of benzene rings is 1. The molecule has 0 atom stereocenters. The monoisotopic (exact) mass is 337 g/mol. The molecule has 0 aliphatic carbocycles. The second kappa shape index (κ2) is 7.24. The molecule has 1 aromatic carbocycles. The molecule has 0 saturated heterocycles. The van der Waals surface area contributed by atoms with Gasteiger partial charge in [0.15, 0.2) is 0 Å². The SMILES string of the molecule is CCCN(CCCl)C(=O)c1ccc(Cl)cc1Br. The van der Waals surface area contributed by atoms with Gasteiger partial charge in [0.2, 0.25) is 0 Å². The van der Waals surface area contributed by atoms with E-state index in [1.807, 2.05) is 6.92 Å². The number of hydrogen-bond acceptors (Lipinski definition) is 1. The number of hydrogen-bond donors (Lipinski definition) is 0. The quantitative estimate of drug-likeness (QED) is 0.737. The topological polar surface area (TPSA) is 20.3 Å². The first-order valence-electron chi connectivity index (χ1n) is 5.40. The summed E-state index contributed by atoms with van der Waals surface area (Å²) in [6, 6.07) is 5.16. The van der Waals surface area contributed by atoms with Gasteiger partial charge in [-0.25, -0.2) is 0 Å². The summed E-state index contributed by atoms with van der Waals surface area (Å²) in [5.41, 5.74) is 0.618. The summed E-state index contributed by atoms with van der Waals surface area (Å²) in [6.45, 7) is 3.30. The van der Waals surface area contributed by atoms with E-state index >= 15 is 0 Å². The molecule has 1 amide bonds. The molecule has 0 aliphatic heterocycles. The van der Waals surface area contributed by atoms with Gasteiger partial charge in [-0.05, 0) is 40.5 Å². The Balaban J connectivity index is 2.92. The van der Waals surface area contributed by atoms with Crippen molar-refractivity contribution in [2.24, 2.45) is 0 Å². The van der Waals surface area contributed by atoms with Crippen LogP contribution in [0.5, 0.6) is 0 Å². The first-order valence-corrected chi connectivity index (χ1v) is 7.11. The van der Waals surface area contributed by atoms with Gasteiger partial charge in [0.1, 0.15) is 0 Å². The molecule has 94 valence electrons. The van der Waals surface area contributed by atoms with E-state index in [4.69, 9.17) is 23.2 Å². The normalized spacial score (nSPS) is 10.4. The molecule has 0 spiro atoms. The molecule has 0 heterocycles. The van der Waals surface area contributed by atoms with Crippen LogP contribution in [0.1, 0.15) is 23.7 Å². The molecule has 0 aliphatic rings. The minimum absolute atomic E-state index is 0.0176. The van der Waals surface area contributed by atoms with Gasteiger partial charge < -0.3 is 4.90 Å². The molecular weight excluding hydrogens is 325 g/mol. The van der Waals surface area contributed by atoms with Crippen molar-refractivity contribution in [3.63, 3.8) is 0 Å². The Morgan fingerprint density at radius 1 is 1.41 bits per heavy atom. The maximum Gasteiger partial charge on any atom is 0.255 e. The van der Waals surface area contributed by atoms with E-state index < -0.39 is 0 Å². The Morgan fingerprint density at radius 2 is 2.12 bits per heavy atom. The number of alkyl halides is 1. The number of nitrogens with zero attached hydrogens (tertiary/aromatic N) is 1. The van der Waals surface area contributed by atoms with Crippen LogP contribution in [0.4, 0.5) is 0 Å². The fraction of sp³-hybridized carbons (Fsp3) is 0.417. The highest BCUT2D eigenvalue weighted by Gasteiger charge is 2.17. The largest absolute Gasteiger partial charge is 0.337 e. The third-order valence-corrected chi connectivity index (χ3v) is 3.36. The number of carbonyl (C=O) groups excluding carboxylic acids is 1. The highest BCUT2D eigenvalue weighted by Crippen LogP contribution is 2.23. The van der Waals surface area contributed by atoms with Crippen molar-refractivity contribution >= 4 is 45.0 Å². The van der Waals surface area contributed by atoms with Crippen LogP contribution < -0.4 is 0 Å². The zero-order valence-electron chi connectivity index (χ0n) is 9.55. The molecule has 0 saturated carbocycles. The Labute approximate surface area is 120 Å². The zero-order chi connectivity index (χ0) is 12.8. The summed E-state index contributed by atoms with van der Waals surface area (Å²) in [5, 5.41) is 0.604. The van der Waals surface area contributed by atoms with Gasteiger partial charge in [-0.1, -0.05) is 18.5 Å². The molecule has 0 N–H and O–H groups in total. The Kier molecular flexibility index (Phi) is 6.31. The summed E-state index contributed by atoms with van der Waals surface area (Å²) >= 11 is 14.9. The maximum atomic E-state index is 12.3. The fourth-order valence-corrected chi connectivity index (χ4v) is 2.58. The molecule has 0 bridgehead atoms. The van der Waals surface area contributed by atoms with Crippen LogP contribution in [0.25, 0.3) is 0 Å². The number of halogens is 3. The van der Waals surface area contributed by atoms with Crippen LogP contribution in [-0.2, 0) is 0 Å². The molecule has 0 unspecified atom stereocenters. The molecule has 1 aromatic rings. The number of amides is 1. The van der Waals surface area contributed by atoms with Gasteiger partial charge in [-0.2, -0.15) is 0 Å². The van der Waals surface area contributed by atoms with E-state index in [2.05, 4.69) is 15.9 Å². The molecule has 17 heavy (non-hydrogen) atoms.